The van der Waals surface area contributed by atoms with Crippen molar-refractivity contribution in [1.82, 2.24) is 5.43 Å². The summed E-state index contributed by atoms with van der Waals surface area (Å²) in [5.41, 5.74) is 3.43. The zero-order valence-electron chi connectivity index (χ0n) is 14.3. The highest BCUT2D eigenvalue weighted by molar-refractivity contribution is 6.30. The molecule has 0 aromatic heterocycles. The molecule has 0 atom stereocenters. The number of ether oxygens (including phenoxy) is 2. The fraction of sp³-hybridized carbons (Fsp3) is 0.167. The summed E-state index contributed by atoms with van der Waals surface area (Å²) in [6.07, 6.45) is 1.03. The molecule has 0 unspecified atom stereocenters. The molecule has 0 aliphatic carbocycles. The minimum atomic E-state index is -0.553. The predicted molar refractivity (Wildman–Crippen MR) is 100.0 cm³/mol. The second kappa shape index (κ2) is 9.43. The van der Waals surface area contributed by atoms with E-state index in [9.17, 15) is 9.59 Å². The Morgan fingerprint density at radius 1 is 1.12 bits per heavy atom. The lowest BCUT2D eigenvalue weighted by Gasteiger charge is -2.07. The molecule has 0 aliphatic heterocycles. The number of benzene rings is 2. The highest BCUT2D eigenvalue weighted by Crippen LogP contribution is 2.22. The Morgan fingerprint density at radius 2 is 1.92 bits per heavy atom. The Kier molecular flexibility index (Phi) is 6.99. The molecular weight excluding hydrogens is 358 g/mol. The van der Waals surface area contributed by atoms with Gasteiger partial charge in [0.15, 0.2) is 0 Å². The van der Waals surface area contributed by atoms with Crippen LogP contribution in [0, 0.1) is 0 Å². The van der Waals surface area contributed by atoms with E-state index in [1.807, 2.05) is 0 Å². The van der Waals surface area contributed by atoms with E-state index < -0.39 is 11.8 Å². The lowest BCUT2D eigenvalue weighted by atomic mass is 10.2. The molecule has 2 aromatic rings. The summed E-state index contributed by atoms with van der Waals surface area (Å²) in [7, 11) is 3.07. The van der Waals surface area contributed by atoms with Crippen molar-refractivity contribution >= 4 is 35.3 Å². The normalized spacial score (nSPS) is 10.4. The summed E-state index contributed by atoms with van der Waals surface area (Å²) < 4.78 is 10.3. The Bertz CT molecular complexity index is 824. The van der Waals surface area contributed by atoms with Crippen LogP contribution in [0.15, 0.2) is 47.6 Å². The third kappa shape index (κ3) is 5.78. The first-order valence-corrected chi connectivity index (χ1v) is 7.99. The highest BCUT2D eigenvalue weighted by Gasteiger charge is 2.09. The lowest BCUT2D eigenvalue weighted by Crippen LogP contribution is -2.24. The summed E-state index contributed by atoms with van der Waals surface area (Å²) in [5.74, 6) is 0.170. The molecule has 0 fully saturated rings. The van der Waals surface area contributed by atoms with E-state index in [2.05, 4.69) is 15.8 Å². The standard InChI is InChI=1S/C18H18ClN3O4/c1-25-15-6-7-16(26-2)12(8-15)11-20-22-18(24)10-17(23)21-14-5-3-4-13(19)9-14/h3-9,11H,10H2,1-2H3,(H,21,23)(H,22,24)/b20-11-. The van der Waals surface area contributed by atoms with Crippen LogP contribution < -0.4 is 20.2 Å². The van der Waals surface area contributed by atoms with Gasteiger partial charge >= 0.3 is 0 Å². The summed E-state index contributed by atoms with van der Waals surface area (Å²) in [4.78, 5) is 23.7. The topological polar surface area (TPSA) is 89.0 Å². The van der Waals surface area contributed by atoms with Gasteiger partial charge in [0.1, 0.15) is 17.9 Å². The maximum Gasteiger partial charge on any atom is 0.249 e. The summed E-state index contributed by atoms with van der Waals surface area (Å²) in [5, 5.41) is 6.91. The van der Waals surface area contributed by atoms with Gasteiger partial charge in [0.05, 0.1) is 20.4 Å². The SMILES string of the molecule is COc1ccc(OC)c(/C=N\NC(=O)CC(=O)Nc2cccc(Cl)c2)c1. The molecule has 2 N–H and O–H groups in total. The average Bonchev–Trinajstić information content (AvgIpc) is 2.61. The number of hydrogen-bond donors (Lipinski definition) is 2. The van der Waals surface area contributed by atoms with Crippen molar-refractivity contribution in [2.75, 3.05) is 19.5 Å². The van der Waals surface area contributed by atoms with Crippen LogP contribution in [-0.2, 0) is 9.59 Å². The molecule has 26 heavy (non-hydrogen) atoms. The Morgan fingerprint density at radius 3 is 2.62 bits per heavy atom. The third-order valence-electron chi connectivity index (χ3n) is 3.26. The van der Waals surface area contributed by atoms with Crippen molar-refractivity contribution in [3.8, 4) is 11.5 Å². The largest absolute Gasteiger partial charge is 0.497 e. The second-order valence-electron chi connectivity index (χ2n) is 5.14. The number of halogens is 1. The number of methoxy groups -OCH3 is 2. The highest BCUT2D eigenvalue weighted by atomic mass is 35.5. The van der Waals surface area contributed by atoms with Crippen LogP contribution >= 0.6 is 11.6 Å². The summed E-state index contributed by atoms with van der Waals surface area (Å²) in [6.45, 7) is 0. The number of anilines is 1. The second-order valence-corrected chi connectivity index (χ2v) is 5.57. The van der Waals surface area contributed by atoms with Crippen LogP contribution in [0.25, 0.3) is 0 Å². The average molecular weight is 376 g/mol. The molecule has 8 heteroatoms. The first-order valence-electron chi connectivity index (χ1n) is 7.61. The van der Waals surface area contributed by atoms with Crippen LogP contribution in [0.2, 0.25) is 5.02 Å². The molecular formula is C18H18ClN3O4. The molecule has 0 heterocycles. The number of carbonyl (C=O) groups is 2. The van der Waals surface area contributed by atoms with Gasteiger partial charge in [-0.1, -0.05) is 17.7 Å². The van der Waals surface area contributed by atoms with E-state index in [0.717, 1.165) is 0 Å². The quantitative estimate of drug-likeness (QED) is 0.442. The molecule has 0 saturated heterocycles. The molecule has 2 aromatic carbocycles. The summed E-state index contributed by atoms with van der Waals surface area (Å²) >= 11 is 5.84. The number of hydrogen-bond acceptors (Lipinski definition) is 5. The third-order valence-corrected chi connectivity index (χ3v) is 3.49. The molecule has 0 bridgehead atoms. The van der Waals surface area contributed by atoms with Crippen LogP contribution in [0.5, 0.6) is 11.5 Å². The van der Waals surface area contributed by atoms with E-state index in [-0.39, 0.29) is 6.42 Å². The van der Waals surface area contributed by atoms with Crippen LogP contribution in [0.1, 0.15) is 12.0 Å². The first kappa shape index (κ1) is 19.3. The van der Waals surface area contributed by atoms with Crippen LogP contribution in [-0.4, -0.2) is 32.2 Å². The van der Waals surface area contributed by atoms with Crippen LogP contribution in [0.3, 0.4) is 0 Å². The zero-order valence-corrected chi connectivity index (χ0v) is 15.0. The molecule has 0 spiro atoms. The zero-order chi connectivity index (χ0) is 18.9. The van der Waals surface area contributed by atoms with Gasteiger partial charge in [-0.2, -0.15) is 5.10 Å². The smallest absolute Gasteiger partial charge is 0.249 e. The fourth-order valence-corrected chi connectivity index (χ4v) is 2.26. The lowest BCUT2D eigenvalue weighted by molar-refractivity contribution is -0.126. The molecule has 7 nitrogen and oxygen atoms in total. The summed E-state index contributed by atoms with van der Waals surface area (Å²) in [6, 6.07) is 11.8. The Labute approximate surface area is 155 Å². The number of nitrogens with zero attached hydrogens (tertiary/aromatic N) is 1. The van der Waals surface area contributed by atoms with Gasteiger partial charge in [0.25, 0.3) is 0 Å². The van der Waals surface area contributed by atoms with E-state index in [1.165, 1.54) is 13.3 Å². The minimum absolute atomic E-state index is 0.376. The van der Waals surface area contributed by atoms with Crippen LogP contribution in [0.4, 0.5) is 5.69 Å². The number of amides is 2. The molecule has 0 radical (unpaired) electrons. The maximum atomic E-state index is 11.8. The number of nitrogens with one attached hydrogen (secondary N) is 2. The molecule has 0 saturated carbocycles. The van der Waals surface area contributed by atoms with Crippen molar-refractivity contribution in [1.29, 1.82) is 0 Å². The van der Waals surface area contributed by atoms with Gasteiger partial charge < -0.3 is 14.8 Å². The van der Waals surface area contributed by atoms with Gasteiger partial charge in [-0.3, -0.25) is 9.59 Å². The first-order chi connectivity index (χ1) is 12.5. The Balaban J connectivity index is 1.90. The van der Waals surface area contributed by atoms with Gasteiger partial charge in [-0.25, -0.2) is 5.43 Å². The monoisotopic (exact) mass is 375 g/mol. The van der Waals surface area contributed by atoms with Crippen molar-refractivity contribution in [3.05, 3.63) is 53.1 Å². The number of hydrazone groups is 1. The molecule has 2 amide bonds. The van der Waals surface area contributed by atoms with Crippen molar-refractivity contribution in [2.24, 2.45) is 5.10 Å². The Hall–Kier alpha value is -3.06. The van der Waals surface area contributed by atoms with E-state index in [4.69, 9.17) is 21.1 Å². The van der Waals surface area contributed by atoms with Gasteiger partial charge in [-0.05, 0) is 36.4 Å². The van der Waals surface area contributed by atoms with Gasteiger partial charge in [0.2, 0.25) is 11.8 Å². The van der Waals surface area contributed by atoms with Crippen molar-refractivity contribution in [3.63, 3.8) is 0 Å². The van der Waals surface area contributed by atoms with E-state index in [0.29, 0.717) is 27.8 Å². The maximum absolute atomic E-state index is 11.8. The van der Waals surface area contributed by atoms with Gasteiger partial charge in [-0.15, -0.1) is 0 Å². The number of carbonyl (C=O) groups excluding carboxylic acids is 2. The van der Waals surface area contributed by atoms with Crippen molar-refractivity contribution < 1.29 is 19.1 Å². The molecule has 136 valence electrons. The number of rotatable bonds is 7. The minimum Gasteiger partial charge on any atom is -0.497 e. The van der Waals surface area contributed by atoms with Crippen molar-refractivity contribution in [2.45, 2.75) is 6.42 Å². The molecule has 0 aliphatic rings. The molecule has 2 rings (SSSR count). The van der Waals surface area contributed by atoms with E-state index in [1.54, 1.807) is 49.6 Å². The predicted octanol–water partition coefficient (Wildman–Crippen LogP) is 2.84. The van der Waals surface area contributed by atoms with E-state index >= 15 is 0 Å². The van der Waals surface area contributed by atoms with Gasteiger partial charge in [0, 0.05) is 16.3 Å². The fourth-order valence-electron chi connectivity index (χ4n) is 2.07.